The largest absolute Gasteiger partial charge is 0.439 e. The van der Waals surface area contributed by atoms with E-state index in [2.05, 4.69) is 72.8 Å². The SMILES string of the molecule is CN1CN(c2ccnc(Oc3cccc(-n4c5ncccc5c5cccnc54)c3)c2)c2ccccc21. The highest BCUT2D eigenvalue weighted by molar-refractivity contribution is 6.06. The van der Waals surface area contributed by atoms with Crippen molar-refractivity contribution in [2.45, 2.75) is 0 Å². The average Bonchev–Trinajstić information content (AvgIpc) is 3.44. The number of aromatic nitrogens is 4. The number of para-hydroxylation sites is 2. The predicted octanol–water partition coefficient (Wildman–Crippen LogP) is 6.31. The van der Waals surface area contributed by atoms with E-state index < -0.39 is 0 Å². The summed E-state index contributed by atoms with van der Waals surface area (Å²) in [5.74, 6) is 1.23. The van der Waals surface area contributed by atoms with E-state index in [1.807, 2.05) is 48.5 Å². The average molecular weight is 471 g/mol. The van der Waals surface area contributed by atoms with Crippen molar-refractivity contribution in [2.75, 3.05) is 23.5 Å². The Balaban J connectivity index is 1.25. The molecule has 0 saturated heterocycles. The van der Waals surface area contributed by atoms with Crippen LogP contribution < -0.4 is 14.5 Å². The second kappa shape index (κ2) is 8.09. The molecular weight excluding hydrogens is 448 g/mol. The number of rotatable bonds is 4. The number of fused-ring (bicyclic) bond motifs is 4. The van der Waals surface area contributed by atoms with E-state index in [4.69, 9.17) is 4.74 Å². The maximum atomic E-state index is 6.25. The van der Waals surface area contributed by atoms with Crippen molar-refractivity contribution in [3.05, 3.63) is 104 Å². The maximum Gasteiger partial charge on any atom is 0.221 e. The Morgan fingerprint density at radius 2 is 1.42 bits per heavy atom. The van der Waals surface area contributed by atoms with Crippen LogP contribution >= 0.6 is 0 Å². The van der Waals surface area contributed by atoms with Gasteiger partial charge in [-0.25, -0.2) is 15.0 Å². The first-order valence-electron chi connectivity index (χ1n) is 11.8. The molecule has 0 spiro atoms. The van der Waals surface area contributed by atoms with Crippen molar-refractivity contribution in [3.63, 3.8) is 0 Å². The Bertz CT molecular complexity index is 1690. The summed E-state index contributed by atoms with van der Waals surface area (Å²) in [7, 11) is 2.10. The first-order chi connectivity index (χ1) is 17.8. The third-order valence-electron chi connectivity index (χ3n) is 6.55. The van der Waals surface area contributed by atoms with Gasteiger partial charge in [-0.3, -0.25) is 4.57 Å². The van der Waals surface area contributed by atoms with Crippen LogP contribution in [-0.2, 0) is 0 Å². The fourth-order valence-electron chi connectivity index (χ4n) is 4.95. The van der Waals surface area contributed by atoms with Crippen molar-refractivity contribution in [2.24, 2.45) is 0 Å². The number of nitrogens with zero attached hydrogens (tertiary/aromatic N) is 6. The van der Waals surface area contributed by atoms with Gasteiger partial charge < -0.3 is 14.5 Å². The molecule has 0 fully saturated rings. The molecular formula is C29H22N6O. The van der Waals surface area contributed by atoms with E-state index in [1.54, 1.807) is 18.6 Å². The summed E-state index contributed by atoms with van der Waals surface area (Å²) in [5, 5.41) is 2.13. The maximum absolute atomic E-state index is 6.25. The van der Waals surface area contributed by atoms with Crippen LogP contribution in [0.5, 0.6) is 11.6 Å². The Morgan fingerprint density at radius 3 is 2.19 bits per heavy atom. The molecule has 0 amide bonds. The molecule has 1 aliphatic rings. The summed E-state index contributed by atoms with van der Waals surface area (Å²) in [5.41, 5.74) is 6.06. The molecule has 0 N–H and O–H groups in total. The summed E-state index contributed by atoms with van der Waals surface area (Å²) in [6.07, 6.45) is 5.40. The van der Waals surface area contributed by atoms with Gasteiger partial charge in [0.05, 0.1) is 23.7 Å². The van der Waals surface area contributed by atoms with Crippen LogP contribution in [-0.4, -0.2) is 33.2 Å². The van der Waals surface area contributed by atoms with Crippen molar-refractivity contribution in [3.8, 4) is 17.3 Å². The molecule has 1 aliphatic heterocycles. The highest BCUT2D eigenvalue weighted by Crippen LogP contribution is 2.40. The van der Waals surface area contributed by atoms with Gasteiger partial charge in [0, 0.05) is 54.2 Å². The monoisotopic (exact) mass is 470 g/mol. The number of anilines is 3. The molecule has 7 rings (SSSR count). The third-order valence-corrected chi connectivity index (χ3v) is 6.55. The molecule has 6 aromatic rings. The Kier molecular flexibility index (Phi) is 4.60. The fourth-order valence-corrected chi connectivity index (χ4v) is 4.95. The van der Waals surface area contributed by atoms with Crippen LogP contribution in [0.1, 0.15) is 0 Å². The lowest BCUT2D eigenvalue weighted by atomic mass is 10.2. The minimum absolute atomic E-state index is 0.537. The number of ether oxygens (including phenoxy) is 1. The molecule has 0 unspecified atom stereocenters. The first-order valence-corrected chi connectivity index (χ1v) is 11.8. The molecule has 174 valence electrons. The highest BCUT2D eigenvalue weighted by Gasteiger charge is 2.24. The van der Waals surface area contributed by atoms with Crippen LogP contribution in [0, 0.1) is 0 Å². The second-order valence-corrected chi connectivity index (χ2v) is 8.79. The van der Waals surface area contributed by atoms with Gasteiger partial charge in [-0.2, -0.15) is 0 Å². The van der Waals surface area contributed by atoms with Crippen molar-refractivity contribution < 1.29 is 4.74 Å². The molecule has 0 radical (unpaired) electrons. The molecule has 0 atom stereocenters. The topological polar surface area (TPSA) is 59.3 Å². The zero-order valence-corrected chi connectivity index (χ0v) is 19.6. The van der Waals surface area contributed by atoms with Gasteiger partial charge in [0.2, 0.25) is 5.88 Å². The third kappa shape index (κ3) is 3.25. The zero-order valence-electron chi connectivity index (χ0n) is 19.6. The lowest BCUT2D eigenvalue weighted by molar-refractivity contribution is 0.463. The Morgan fingerprint density at radius 1 is 0.667 bits per heavy atom. The minimum atomic E-state index is 0.537. The molecule has 36 heavy (non-hydrogen) atoms. The molecule has 0 aliphatic carbocycles. The van der Waals surface area contributed by atoms with Gasteiger partial charge in [-0.05, 0) is 54.6 Å². The number of benzene rings is 2. The van der Waals surface area contributed by atoms with E-state index >= 15 is 0 Å². The molecule has 7 heteroatoms. The minimum Gasteiger partial charge on any atom is -0.439 e. The summed E-state index contributed by atoms with van der Waals surface area (Å²) in [6, 6.07) is 28.4. The lowest BCUT2D eigenvalue weighted by Crippen LogP contribution is -2.23. The molecule has 4 aromatic heterocycles. The van der Waals surface area contributed by atoms with Crippen LogP contribution in [0.3, 0.4) is 0 Å². The van der Waals surface area contributed by atoms with Crippen molar-refractivity contribution in [1.82, 2.24) is 19.5 Å². The van der Waals surface area contributed by atoms with Gasteiger partial charge in [-0.15, -0.1) is 0 Å². The Hall–Kier alpha value is -4.91. The van der Waals surface area contributed by atoms with Crippen LogP contribution in [0.25, 0.3) is 27.8 Å². The van der Waals surface area contributed by atoms with E-state index in [0.29, 0.717) is 11.6 Å². The molecule has 7 nitrogen and oxygen atoms in total. The molecule has 5 heterocycles. The van der Waals surface area contributed by atoms with E-state index in [-0.39, 0.29) is 0 Å². The zero-order chi connectivity index (χ0) is 24.1. The van der Waals surface area contributed by atoms with Crippen molar-refractivity contribution in [1.29, 1.82) is 0 Å². The summed E-state index contributed by atoms with van der Waals surface area (Å²) >= 11 is 0. The normalized spacial score (nSPS) is 12.9. The van der Waals surface area contributed by atoms with Crippen LogP contribution in [0.4, 0.5) is 17.1 Å². The van der Waals surface area contributed by atoms with Gasteiger partial charge in [0.15, 0.2) is 0 Å². The summed E-state index contributed by atoms with van der Waals surface area (Å²) in [6.45, 7) is 0.770. The molecule has 2 aromatic carbocycles. The van der Waals surface area contributed by atoms with Gasteiger partial charge >= 0.3 is 0 Å². The Labute approximate surface area is 207 Å². The number of hydrogen-bond acceptors (Lipinski definition) is 6. The fraction of sp³-hybridized carbons (Fsp3) is 0.0690. The second-order valence-electron chi connectivity index (χ2n) is 8.79. The van der Waals surface area contributed by atoms with E-state index in [0.717, 1.165) is 40.1 Å². The smallest absolute Gasteiger partial charge is 0.221 e. The van der Waals surface area contributed by atoms with Crippen LogP contribution in [0.2, 0.25) is 0 Å². The molecule has 0 bridgehead atoms. The quantitative estimate of drug-likeness (QED) is 0.301. The predicted molar refractivity (Wildman–Crippen MR) is 143 cm³/mol. The number of hydrogen-bond donors (Lipinski definition) is 0. The summed E-state index contributed by atoms with van der Waals surface area (Å²) in [4.78, 5) is 18.3. The van der Waals surface area contributed by atoms with Gasteiger partial charge in [-0.1, -0.05) is 18.2 Å². The lowest BCUT2D eigenvalue weighted by Gasteiger charge is -2.20. The van der Waals surface area contributed by atoms with Gasteiger partial charge in [0.25, 0.3) is 0 Å². The van der Waals surface area contributed by atoms with Gasteiger partial charge in [0.1, 0.15) is 17.0 Å². The highest BCUT2D eigenvalue weighted by atomic mass is 16.5. The molecule has 0 saturated carbocycles. The summed E-state index contributed by atoms with van der Waals surface area (Å²) < 4.78 is 8.32. The van der Waals surface area contributed by atoms with E-state index in [9.17, 15) is 0 Å². The first kappa shape index (κ1) is 20.5. The van der Waals surface area contributed by atoms with Crippen LogP contribution in [0.15, 0.2) is 104 Å². The van der Waals surface area contributed by atoms with Crippen molar-refractivity contribution >= 4 is 39.1 Å². The number of pyridine rings is 3. The standard InChI is InChI=1S/C29H22N6O/c1-33-19-34(26-12-3-2-11-25(26)33)20-13-16-30-27(18-20)36-22-8-4-7-21(17-22)35-28-23(9-5-14-31-28)24-10-6-15-32-29(24)35/h2-18H,19H2,1H3. The van der Waals surface area contributed by atoms with E-state index in [1.165, 1.54) is 11.4 Å².